The van der Waals surface area contributed by atoms with Crippen molar-refractivity contribution in [3.05, 3.63) is 28.2 Å². The van der Waals surface area contributed by atoms with Crippen LogP contribution in [-0.4, -0.2) is 21.0 Å². The molecule has 2 rings (SSSR count). The van der Waals surface area contributed by atoms with Gasteiger partial charge < -0.3 is 9.84 Å². The summed E-state index contributed by atoms with van der Waals surface area (Å²) in [5, 5.41) is 13.3. The van der Waals surface area contributed by atoms with Crippen LogP contribution in [0.2, 0.25) is 0 Å². The topological polar surface area (TPSA) is 85.0 Å². The van der Waals surface area contributed by atoms with Gasteiger partial charge in [-0.3, -0.25) is 10.00 Å². The van der Waals surface area contributed by atoms with Crippen molar-refractivity contribution in [2.24, 2.45) is 7.05 Å². The SMILES string of the molecule is CCc1cc(NC(=O)NCc2cc(Br)no2)n(C)n1. The summed E-state index contributed by atoms with van der Waals surface area (Å²) in [6.07, 6.45) is 0.823. The van der Waals surface area contributed by atoms with Gasteiger partial charge in [-0.25, -0.2) is 4.79 Å². The smallest absolute Gasteiger partial charge is 0.320 e. The third-order valence-corrected chi connectivity index (χ3v) is 2.86. The minimum Gasteiger partial charge on any atom is -0.358 e. The van der Waals surface area contributed by atoms with Crippen LogP contribution in [0.5, 0.6) is 0 Å². The van der Waals surface area contributed by atoms with Gasteiger partial charge in [0.2, 0.25) is 0 Å². The molecule has 0 saturated carbocycles. The largest absolute Gasteiger partial charge is 0.358 e. The molecule has 0 aliphatic carbocycles. The highest BCUT2D eigenvalue weighted by molar-refractivity contribution is 9.10. The summed E-state index contributed by atoms with van der Waals surface area (Å²) in [6, 6.07) is 3.21. The Morgan fingerprint density at radius 3 is 2.89 bits per heavy atom. The number of urea groups is 1. The second-order valence-corrected chi connectivity index (χ2v) is 4.73. The van der Waals surface area contributed by atoms with E-state index < -0.39 is 0 Å². The molecular weight excluding hydrogens is 314 g/mol. The second-order valence-electron chi connectivity index (χ2n) is 3.92. The van der Waals surface area contributed by atoms with Crippen LogP contribution in [0.4, 0.5) is 10.6 Å². The van der Waals surface area contributed by atoms with Gasteiger partial charge in [-0.2, -0.15) is 5.10 Å². The van der Waals surface area contributed by atoms with E-state index in [1.54, 1.807) is 17.8 Å². The minimum atomic E-state index is -0.321. The molecular formula is C11H14BrN5O2. The number of halogens is 1. The van der Waals surface area contributed by atoms with E-state index in [0.717, 1.165) is 12.1 Å². The lowest BCUT2D eigenvalue weighted by Crippen LogP contribution is -2.28. The first-order valence-electron chi connectivity index (χ1n) is 5.77. The number of amides is 2. The molecule has 2 aromatic heterocycles. The van der Waals surface area contributed by atoms with E-state index in [1.165, 1.54) is 0 Å². The number of carbonyl (C=O) groups is 1. The molecule has 2 heterocycles. The summed E-state index contributed by atoms with van der Waals surface area (Å²) in [5.74, 6) is 1.22. The monoisotopic (exact) mass is 327 g/mol. The van der Waals surface area contributed by atoms with Crippen LogP contribution in [0.1, 0.15) is 18.4 Å². The Morgan fingerprint density at radius 1 is 1.53 bits per heavy atom. The van der Waals surface area contributed by atoms with Gasteiger partial charge in [0.05, 0.1) is 12.2 Å². The third-order valence-electron chi connectivity index (χ3n) is 2.49. The quantitative estimate of drug-likeness (QED) is 0.900. The molecule has 0 spiro atoms. The van der Waals surface area contributed by atoms with Crippen molar-refractivity contribution < 1.29 is 9.32 Å². The fourth-order valence-corrected chi connectivity index (χ4v) is 1.84. The lowest BCUT2D eigenvalue weighted by molar-refractivity contribution is 0.250. The summed E-state index contributed by atoms with van der Waals surface area (Å²) in [5.41, 5.74) is 0.928. The van der Waals surface area contributed by atoms with Crippen molar-refractivity contribution in [2.75, 3.05) is 5.32 Å². The Bertz CT molecular complexity index is 577. The van der Waals surface area contributed by atoms with Crippen LogP contribution >= 0.6 is 15.9 Å². The second kappa shape index (κ2) is 5.87. The van der Waals surface area contributed by atoms with Crippen LogP contribution in [0.3, 0.4) is 0 Å². The summed E-state index contributed by atoms with van der Waals surface area (Å²) < 4.78 is 7.18. The van der Waals surface area contributed by atoms with Crippen molar-refractivity contribution in [1.82, 2.24) is 20.3 Å². The summed E-state index contributed by atoms with van der Waals surface area (Å²) in [6.45, 7) is 2.27. The van der Waals surface area contributed by atoms with E-state index in [9.17, 15) is 4.79 Å². The first-order chi connectivity index (χ1) is 9.08. The van der Waals surface area contributed by atoms with Gasteiger partial charge in [0.25, 0.3) is 0 Å². The molecule has 0 aliphatic rings. The van der Waals surface area contributed by atoms with Gasteiger partial charge in [-0.15, -0.1) is 0 Å². The first-order valence-corrected chi connectivity index (χ1v) is 6.56. The van der Waals surface area contributed by atoms with Crippen molar-refractivity contribution in [2.45, 2.75) is 19.9 Å². The maximum Gasteiger partial charge on any atom is 0.320 e. The first kappa shape index (κ1) is 13.6. The summed E-state index contributed by atoms with van der Waals surface area (Å²) >= 11 is 3.17. The number of aryl methyl sites for hydroxylation is 2. The van der Waals surface area contributed by atoms with E-state index in [-0.39, 0.29) is 12.6 Å². The predicted molar refractivity (Wildman–Crippen MR) is 72.6 cm³/mol. The molecule has 8 heteroatoms. The molecule has 102 valence electrons. The number of rotatable bonds is 4. The van der Waals surface area contributed by atoms with Gasteiger partial charge in [-0.1, -0.05) is 12.1 Å². The zero-order chi connectivity index (χ0) is 13.8. The minimum absolute atomic E-state index is 0.267. The van der Waals surface area contributed by atoms with Crippen LogP contribution in [-0.2, 0) is 20.0 Å². The highest BCUT2D eigenvalue weighted by Gasteiger charge is 2.09. The van der Waals surface area contributed by atoms with Gasteiger partial charge >= 0.3 is 6.03 Å². The molecule has 2 N–H and O–H groups in total. The Kier molecular flexibility index (Phi) is 4.20. The van der Waals surface area contributed by atoms with Crippen LogP contribution in [0, 0.1) is 0 Å². The number of nitrogens with zero attached hydrogens (tertiary/aromatic N) is 3. The zero-order valence-electron chi connectivity index (χ0n) is 10.6. The van der Waals surface area contributed by atoms with E-state index >= 15 is 0 Å². The van der Waals surface area contributed by atoms with Crippen molar-refractivity contribution >= 4 is 27.8 Å². The maximum absolute atomic E-state index is 11.7. The Balaban J connectivity index is 1.88. The van der Waals surface area contributed by atoms with E-state index in [4.69, 9.17) is 4.52 Å². The number of nitrogens with one attached hydrogen (secondary N) is 2. The number of aromatic nitrogens is 3. The predicted octanol–water partition coefficient (Wildman–Crippen LogP) is 2.05. The number of anilines is 1. The van der Waals surface area contributed by atoms with Crippen molar-refractivity contribution in [3.8, 4) is 0 Å². The molecule has 2 aromatic rings. The molecule has 0 atom stereocenters. The van der Waals surface area contributed by atoms with Crippen LogP contribution < -0.4 is 10.6 Å². The molecule has 0 aromatic carbocycles. The third kappa shape index (κ3) is 3.57. The van der Waals surface area contributed by atoms with Crippen molar-refractivity contribution in [1.29, 1.82) is 0 Å². The molecule has 0 saturated heterocycles. The molecule has 0 fully saturated rings. The molecule has 0 bridgehead atoms. The maximum atomic E-state index is 11.7. The number of carbonyl (C=O) groups excluding carboxylic acids is 1. The summed E-state index contributed by atoms with van der Waals surface area (Å²) in [4.78, 5) is 11.7. The van der Waals surface area contributed by atoms with Gasteiger partial charge in [-0.05, 0) is 22.4 Å². The highest BCUT2D eigenvalue weighted by atomic mass is 79.9. The fraction of sp³-hybridized carbons (Fsp3) is 0.364. The Hall–Kier alpha value is -1.83. The van der Waals surface area contributed by atoms with E-state index in [0.29, 0.717) is 16.2 Å². The van der Waals surface area contributed by atoms with Gasteiger partial charge in [0.1, 0.15) is 10.4 Å². The standard InChI is InChI=1S/C11H14BrN5O2/c1-3-7-4-10(17(2)15-7)14-11(18)13-6-8-5-9(12)16-19-8/h4-5H,3,6H2,1-2H3,(H2,13,14,18). The average Bonchev–Trinajstić information content (AvgIpc) is 2.94. The van der Waals surface area contributed by atoms with Gasteiger partial charge in [0, 0.05) is 19.2 Å². The van der Waals surface area contributed by atoms with Gasteiger partial charge in [0.15, 0.2) is 5.76 Å². The number of hydrogen-bond donors (Lipinski definition) is 2. The lowest BCUT2D eigenvalue weighted by Gasteiger charge is -2.05. The average molecular weight is 328 g/mol. The zero-order valence-corrected chi connectivity index (χ0v) is 12.2. The van der Waals surface area contributed by atoms with Crippen LogP contribution in [0.15, 0.2) is 21.3 Å². The normalized spacial score (nSPS) is 10.5. The fourth-order valence-electron chi connectivity index (χ4n) is 1.52. The van der Waals surface area contributed by atoms with Crippen LogP contribution in [0.25, 0.3) is 0 Å². The van der Waals surface area contributed by atoms with E-state index in [1.807, 2.05) is 13.0 Å². The summed E-state index contributed by atoms with van der Waals surface area (Å²) in [7, 11) is 1.78. The molecule has 7 nitrogen and oxygen atoms in total. The molecule has 0 unspecified atom stereocenters. The lowest BCUT2D eigenvalue weighted by atomic mass is 10.3. The number of hydrogen-bond acceptors (Lipinski definition) is 4. The van der Waals surface area contributed by atoms with Crippen molar-refractivity contribution in [3.63, 3.8) is 0 Å². The van der Waals surface area contributed by atoms with E-state index in [2.05, 4.69) is 36.8 Å². The molecule has 2 amide bonds. The molecule has 0 aliphatic heterocycles. The Labute approximate surface area is 118 Å². The Morgan fingerprint density at radius 2 is 2.32 bits per heavy atom. The molecule has 19 heavy (non-hydrogen) atoms. The molecule has 0 radical (unpaired) electrons. The highest BCUT2D eigenvalue weighted by Crippen LogP contribution is 2.10.